The Kier molecular flexibility index (Phi) is 5.16. The van der Waals surface area contributed by atoms with E-state index in [2.05, 4.69) is 12.2 Å². The average Bonchev–Trinajstić information content (AvgIpc) is 2.79. The van der Waals surface area contributed by atoms with Gasteiger partial charge < -0.3 is 15.2 Å². The van der Waals surface area contributed by atoms with Crippen molar-refractivity contribution in [3.05, 3.63) is 29.6 Å². The number of hydrogen-bond acceptors (Lipinski definition) is 3. The maximum Gasteiger partial charge on any atom is 0.165 e. The summed E-state index contributed by atoms with van der Waals surface area (Å²) in [7, 11) is 0. The second-order valence-electron chi connectivity index (χ2n) is 5.06. The first kappa shape index (κ1) is 14.3. The predicted molar refractivity (Wildman–Crippen MR) is 72.7 cm³/mol. The van der Waals surface area contributed by atoms with Gasteiger partial charge in [-0.1, -0.05) is 19.1 Å². The minimum atomic E-state index is -0.476. The van der Waals surface area contributed by atoms with E-state index in [4.69, 9.17) is 4.74 Å². The Bertz CT molecular complexity index is 411. The van der Waals surface area contributed by atoms with Crippen molar-refractivity contribution in [3.63, 3.8) is 0 Å². The monoisotopic (exact) mass is 267 g/mol. The quantitative estimate of drug-likeness (QED) is 0.779. The molecule has 0 heterocycles. The average molecular weight is 267 g/mol. The second-order valence-corrected chi connectivity index (χ2v) is 5.06. The summed E-state index contributed by atoms with van der Waals surface area (Å²) in [5.74, 6) is -0.0630. The van der Waals surface area contributed by atoms with Crippen LogP contribution in [-0.4, -0.2) is 23.9 Å². The molecule has 0 spiro atoms. The molecular formula is C15H22FNO2. The van der Waals surface area contributed by atoms with Crippen LogP contribution in [0.5, 0.6) is 5.75 Å². The summed E-state index contributed by atoms with van der Waals surface area (Å²) in [4.78, 5) is 0. The van der Waals surface area contributed by atoms with E-state index >= 15 is 0 Å². The van der Waals surface area contributed by atoms with Crippen LogP contribution in [0.3, 0.4) is 0 Å². The lowest BCUT2D eigenvalue weighted by atomic mass is 10.1. The van der Waals surface area contributed by atoms with Gasteiger partial charge in [-0.3, -0.25) is 0 Å². The molecule has 19 heavy (non-hydrogen) atoms. The number of benzene rings is 1. The van der Waals surface area contributed by atoms with Gasteiger partial charge in [-0.25, -0.2) is 4.39 Å². The lowest BCUT2D eigenvalue weighted by Gasteiger charge is -2.20. The first-order valence-electron chi connectivity index (χ1n) is 7.05. The molecule has 0 aliphatic heterocycles. The SMILES string of the molecule is CCCNCc1cccc(F)c1OC1CCCC1O. The van der Waals surface area contributed by atoms with Crippen molar-refractivity contribution in [1.29, 1.82) is 0 Å². The Morgan fingerprint density at radius 3 is 2.95 bits per heavy atom. The second kappa shape index (κ2) is 6.87. The molecule has 0 bridgehead atoms. The number of halogens is 1. The van der Waals surface area contributed by atoms with Gasteiger partial charge in [-0.2, -0.15) is 0 Å². The number of rotatable bonds is 6. The fourth-order valence-electron chi connectivity index (χ4n) is 2.42. The van der Waals surface area contributed by atoms with E-state index < -0.39 is 6.10 Å². The molecule has 1 aliphatic carbocycles. The van der Waals surface area contributed by atoms with Crippen LogP contribution >= 0.6 is 0 Å². The molecule has 1 fully saturated rings. The summed E-state index contributed by atoms with van der Waals surface area (Å²) in [5, 5.41) is 13.0. The molecular weight excluding hydrogens is 245 g/mol. The predicted octanol–water partition coefficient (Wildman–Crippen LogP) is 2.62. The summed E-state index contributed by atoms with van der Waals surface area (Å²) in [6.45, 7) is 3.57. The normalized spacial score (nSPS) is 22.7. The maximum absolute atomic E-state index is 13.9. The molecule has 2 unspecified atom stereocenters. The lowest BCUT2D eigenvalue weighted by molar-refractivity contribution is 0.0571. The largest absolute Gasteiger partial charge is 0.484 e. The zero-order valence-electron chi connectivity index (χ0n) is 11.4. The summed E-state index contributed by atoms with van der Waals surface area (Å²) in [5.41, 5.74) is 0.813. The van der Waals surface area contributed by atoms with Gasteiger partial charge in [0, 0.05) is 12.1 Å². The van der Waals surface area contributed by atoms with Gasteiger partial charge in [-0.05, 0) is 38.3 Å². The Balaban J connectivity index is 2.08. The molecule has 1 aromatic rings. The number of ether oxygens (including phenoxy) is 1. The molecule has 4 heteroatoms. The van der Waals surface area contributed by atoms with E-state index in [0.29, 0.717) is 6.54 Å². The van der Waals surface area contributed by atoms with Crippen LogP contribution in [0.1, 0.15) is 38.2 Å². The topological polar surface area (TPSA) is 41.5 Å². The highest BCUT2D eigenvalue weighted by Crippen LogP contribution is 2.29. The third kappa shape index (κ3) is 3.67. The van der Waals surface area contributed by atoms with Crippen LogP contribution < -0.4 is 10.1 Å². The first-order chi connectivity index (χ1) is 9.22. The van der Waals surface area contributed by atoms with Gasteiger partial charge >= 0.3 is 0 Å². The summed E-state index contributed by atoms with van der Waals surface area (Å²) < 4.78 is 19.6. The summed E-state index contributed by atoms with van der Waals surface area (Å²) in [6, 6.07) is 4.96. The van der Waals surface area contributed by atoms with Crippen LogP contribution in [0.2, 0.25) is 0 Å². The molecule has 0 aromatic heterocycles. The van der Waals surface area contributed by atoms with E-state index in [-0.39, 0.29) is 17.7 Å². The van der Waals surface area contributed by atoms with Crippen LogP contribution in [0.15, 0.2) is 18.2 Å². The third-order valence-electron chi connectivity index (χ3n) is 3.48. The molecule has 0 amide bonds. The standard InChI is InChI=1S/C15H22FNO2/c1-2-9-17-10-11-5-3-6-12(16)15(11)19-14-8-4-7-13(14)18/h3,5-6,13-14,17-18H,2,4,7-10H2,1H3. The highest BCUT2D eigenvalue weighted by Gasteiger charge is 2.28. The molecule has 2 N–H and O–H groups in total. The van der Waals surface area contributed by atoms with E-state index in [9.17, 15) is 9.50 Å². The molecule has 0 saturated heterocycles. The van der Waals surface area contributed by atoms with Crippen LogP contribution in [0.25, 0.3) is 0 Å². The molecule has 3 nitrogen and oxygen atoms in total. The number of hydrogen-bond donors (Lipinski definition) is 2. The van der Waals surface area contributed by atoms with E-state index in [1.807, 2.05) is 6.07 Å². The van der Waals surface area contributed by atoms with Gasteiger partial charge in [0.2, 0.25) is 0 Å². The molecule has 1 saturated carbocycles. The highest BCUT2D eigenvalue weighted by molar-refractivity contribution is 5.35. The van der Waals surface area contributed by atoms with E-state index in [0.717, 1.165) is 37.8 Å². The fourth-order valence-corrected chi connectivity index (χ4v) is 2.42. The zero-order chi connectivity index (χ0) is 13.7. The molecule has 2 rings (SSSR count). The Morgan fingerprint density at radius 1 is 1.42 bits per heavy atom. The fraction of sp³-hybridized carbons (Fsp3) is 0.600. The minimum absolute atomic E-state index is 0.276. The van der Waals surface area contributed by atoms with Crippen molar-refractivity contribution in [2.45, 2.75) is 51.4 Å². The highest BCUT2D eigenvalue weighted by atomic mass is 19.1. The van der Waals surface area contributed by atoms with Crippen LogP contribution in [0, 0.1) is 5.82 Å². The maximum atomic E-state index is 13.9. The van der Waals surface area contributed by atoms with Crippen molar-refractivity contribution in [1.82, 2.24) is 5.32 Å². The van der Waals surface area contributed by atoms with Gasteiger partial charge in [0.25, 0.3) is 0 Å². The minimum Gasteiger partial charge on any atom is -0.484 e. The van der Waals surface area contributed by atoms with Crippen molar-refractivity contribution < 1.29 is 14.2 Å². The number of nitrogens with one attached hydrogen (secondary N) is 1. The molecule has 0 radical (unpaired) electrons. The third-order valence-corrected chi connectivity index (χ3v) is 3.48. The van der Waals surface area contributed by atoms with Gasteiger partial charge in [0.15, 0.2) is 11.6 Å². The summed E-state index contributed by atoms with van der Waals surface area (Å²) >= 11 is 0. The van der Waals surface area contributed by atoms with Gasteiger partial charge in [0.1, 0.15) is 6.10 Å². The van der Waals surface area contributed by atoms with E-state index in [1.165, 1.54) is 6.07 Å². The molecule has 1 aromatic carbocycles. The number of aliphatic hydroxyl groups is 1. The van der Waals surface area contributed by atoms with Crippen molar-refractivity contribution in [2.24, 2.45) is 0 Å². The number of para-hydroxylation sites is 1. The van der Waals surface area contributed by atoms with Crippen molar-refractivity contribution in [3.8, 4) is 5.75 Å². The number of aliphatic hydroxyl groups excluding tert-OH is 1. The molecule has 2 atom stereocenters. The summed E-state index contributed by atoms with van der Waals surface area (Å²) in [6.07, 6.45) is 2.74. The van der Waals surface area contributed by atoms with Crippen LogP contribution in [-0.2, 0) is 6.54 Å². The van der Waals surface area contributed by atoms with Gasteiger partial charge in [0.05, 0.1) is 6.10 Å². The Hall–Kier alpha value is -1.13. The smallest absolute Gasteiger partial charge is 0.165 e. The Labute approximate surface area is 113 Å². The van der Waals surface area contributed by atoms with Gasteiger partial charge in [-0.15, -0.1) is 0 Å². The van der Waals surface area contributed by atoms with E-state index in [1.54, 1.807) is 6.07 Å². The van der Waals surface area contributed by atoms with Crippen molar-refractivity contribution in [2.75, 3.05) is 6.54 Å². The lowest BCUT2D eigenvalue weighted by Crippen LogP contribution is -2.27. The molecule has 106 valence electrons. The first-order valence-corrected chi connectivity index (χ1v) is 7.05. The Morgan fingerprint density at radius 2 is 2.26 bits per heavy atom. The molecule has 1 aliphatic rings. The van der Waals surface area contributed by atoms with Crippen molar-refractivity contribution >= 4 is 0 Å². The van der Waals surface area contributed by atoms with Crippen LogP contribution in [0.4, 0.5) is 4.39 Å². The zero-order valence-corrected chi connectivity index (χ0v) is 11.4.